The molecule has 2 rings (SSSR count). The Kier molecular flexibility index (Phi) is 5.94. The minimum absolute atomic E-state index is 0.0239. The van der Waals surface area contributed by atoms with E-state index in [-0.39, 0.29) is 17.0 Å². The van der Waals surface area contributed by atoms with Crippen LogP contribution in [0.3, 0.4) is 0 Å². The second kappa shape index (κ2) is 7.95. The molecule has 0 radical (unpaired) electrons. The maximum atomic E-state index is 12.0. The van der Waals surface area contributed by atoms with Crippen LogP contribution in [0.2, 0.25) is 0 Å². The molecule has 0 aliphatic carbocycles. The quantitative estimate of drug-likeness (QED) is 0.708. The van der Waals surface area contributed by atoms with Crippen LogP contribution in [0.15, 0.2) is 52.0 Å². The summed E-state index contributed by atoms with van der Waals surface area (Å²) >= 11 is 0. The first kappa shape index (κ1) is 18.7. The first-order chi connectivity index (χ1) is 11.8. The highest BCUT2D eigenvalue weighted by molar-refractivity contribution is 7.89. The van der Waals surface area contributed by atoms with E-state index in [1.54, 1.807) is 12.1 Å². The number of amides is 1. The van der Waals surface area contributed by atoms with E-state index in [9.17, 15) is 18.0 Å². The van der Waals surface area contributed by atoms with Gasteiger partial charge in [-0.3, -0.25) is 4.79 Å². The average molecular weight is 366 g/mol. The molecule has 0 aliphatic heterocycles. The predicted octanol–water partition coefficient (Wildman–Crippen LogP) is 1.05. The standard InChI is InChI=1S/C16H18N2O6S/c1-11(15(19)18-10-13-4-3-9-23-13)24-16(20)12-5-7-14(8-6-12)25(21,22)17-2/h3-9,11,17H,10H2,1-2H3,(H,18,19). The van der Waals surface area contributed by atoms with Crippen LogP contribution in [0.5, 0.6) is 0 Å². The molecular weight excluding hydrogens is 348 g/mol. The van der Waals surface area contributed by atoms with E-state index < -0.39 is 28.0 Å². The minimum atomic E-state index is -3.58. The molecule has 2 N–H and O–H groups in total. The molecule has 1 atom stereocenters. The van der Waals surface area contributed by atoms with Crippen LogP contribution < -0.4 is 10.0 Å². The second-order valence-corrected chi connectivity index (χ2v) is 6.96. The van der Waals surface area contributed by atoms with Gasteiger partial charge in [-0.15, -0.1) is 0 Å². The molecule has 0 bridgehead atoms. The lowest BCUT2D eigenvalue weighted by molar-refractivity contribution is -0.129. The van der Waals surface area contributed by atoms with E-state index in [0.717, 1.165) is 0 Å². The van der Waals surface area contributed by atoms with Crippen LogP contribution in [0.1, 0.15) is 23.0 Å². The van der Waals surface area contributed by atoms with Gasteiger partial charge >= 0.3 is 5.97 Å². The van der Waals surface area contributed by atoms with E-state index in [4.69, 9.17) is 9.15 Å². The van der Waals surface area contributed by atoms with E-state index in [1.165, 1.54) is 44.5 Å². The monoisotopic (exact) mass is 366 g/mol. The summed E-state index contributed by atoms with van der Waals surface area (Å²) in [4.78, 5) is 24.0. The normalized spacial score (nSPS) is 12.4. The van der Waals surface area contributed by atoms with Gasteiger partial charge < -0.3 is 14.5 Å². The molecule has 1 aromatic carbocycles. The van der Waals surface area contributed by atoms with Crippen molar-refractivity contribution in [1.82, 2.24) is 10.0 Å². The summed E-state index contributed by atoms with van der Waals surface area (Å²) < 4.78 is 35.6. The van der Waals surface area contributed by atoms with Gasteiger partial charge in [0.1, 0.15) is 5.76 Å². The molecular formula is C16H18N2O6S. The summed E-state index contributed by atoms with van der Waals surface area (Å²) in [7, 11) is -2.29. The molecule has 2 aromatic rings. The zero-order chi connectivity index (χ0) is 18.4. The largest absolute Gasteiger partial charge is 0.467 e. The highest BCUT2D eigenvalue weighted by Gasteiger charge is 2.19. The number of nitrogens with one attached hydrogen (secondary N) is 2. The lowest BCUT2D eigenvalue weighted by Gasteiger charge is -2.13. The Balaban J connectivity index is 1.93. The Hall–Kier alpha value is -2.65. The maximum absolute atomic E-state index is 12.0. The van der Waals surface area contributed by atoms with Gasteiger partial charge in [-0.25, -0.2) is 17.9 Å². The van der Waals surface area contributed by atoms with E-state index in [2.05, 4.69) is 10.0 Å². The van der Waals surface area contributed by atoms with Gasteiger partial charge in [0.25, 0.3) is 5.91 Å². The van der Waals surface area contributed by atoms with Crippen molar-refractivity contribution in [2.45, 2.75) is 24.5 Å². The fourth-order valence-corrected chi connectivity index (χ4v) is 2.63. The Morgan fingerprint density at radius 3 is 2.44 bits per heavy atom. The van der Waals surface area contributed by atoms with Gasteiger partial charge in [0.05, 0.1) is 23.3 Å². The van der Waals surface area contributed by atoms with Crippen molar-refractivity contribution in [2.75, 3.05) is 7.05 Å². The van der Waals surface area contributed by atoms with E-state index in [0.29, 0.717) is 5.76 Å². The molecule has 1 amide bonds. The molecule has 0 saturated heterocycles. The van der Waals surface area contributed by atoms with Gasteiger partial charge in [0.15, 0.2) is 6.10 Å². The van der Waals surface area contributed by atoms with Crippen LogP contribution in [-0.2, 0) is 26.1 Å². The van der Waals surface area contributed by atoms with Gasteiger partial charge in [0.2, 0.25) is 10.0 Å². The third-order valence-corrected chi connectivity index (χ3v) is 4.77. The molecule has 0 fully saturated rings. The Bertz CT molecular complexity index is 828. The fraction of sp³-hybridized carbons (Fsp3) is 0.250. The van der Waals surface area contributed by atoms with Crippen molar-refractivity contribution < 1.29 is 27.2 Å². The van der Waals surface area contributed by atoms with Crippen LogP contribution in [0.25, 0.3) is 0 Å². The van der Waals surface area contributed by atoms with Crippen molar-refractivity contribution in [3.8, 4) is 0 Å². The average Bonchev–Trinajstić information content (AvgIpc) is 3.13. The van der Waals surface area contributed by atoms with Gasteiger partial charge in [-0.1, -0.05) is 0 Å². The molecule has 8 nitrogen and oxygen atoms in total. The first-order valence-corrected chi connectivity index (χ1v) is 8.86. The molecule has 9 heteroatoms. The van der Waals surface area contributed by atoms with Gasteiger partial charge in [-0.2, -0.15) is 0 Å². The number of carbonyl (C=O) groups excluding carboxylic acids is 2. The third kappa shape index (κ3) is 4.91. The number of furan rings is 1. The molecule has 1 aromatic heterocycles. The molecule has 25 heavy (non-hydrogen) atoms. The Morgan fingerprint density at radius 2 is 1.88 bits per heavy atom. The summed E-state index contributed by atoms with van der Waals surface area (Å²) in [6.07, 6.45) is 0.478. The number of carbonyl (C=O) groups is 2. The van der Waals surface area contributed by atoms with Crippen molar-refractivity contribution >= 4 is 21.9 Å². The number of esters is 1. The number of ether oxygens (including phenoxy) is 1. The molecule has 1 unspecified atom stereocenters. The summed E-state index contributed by atoms with van der Waals surface area (Å²) in [5.74, 6) is -0.624. The topological polar surface area (TPSA) is 115 Å². The summed E-state index contributed by atoms with van der Waals surface area (Å²) in [6.45, 7) is 1.62. The lowest BCUT2D eigenvalue weighted by atomic mass is 10.2. The summed E-state index contributed by atoms with van der Waals surface area (Å²) in [6, 6.07) is 8.61. The third-order valence-electron chi connectivity index (χ3n) is 3.34. The second-order valence-electron chi connectivity index (χ2n) is 5.08. The van der Waals surface area contributed by atoms with Crippen molar-refractivity contribution in [2.24, 2.45) is 0 Å². The SMILES string of the molecule is CNS(=O)(=O)c1ccc(C(=O)OC(C)C(=O)NCc2ccco2)cc1. The molecule has 1 heterocycles. The molecule has 134 valence electrons. The van der Waals surface area contributed by atoms with Gasteiger partial charge in [0, 0.05) is 0 Å². The van der Waals surface area contributed by atoms with Crippen LogP contribution in [-0.4, -0.2) is 33.4 Å². The Morgan fingerprint density at radius 1 is 1.20 bits per heavy atom. The summed E-state index contributed by atoms with van der Waals surface area (Å²) in [5, 5.41) is 2.58. The zero-order valence-corrected chi connectivity index (χ0v) is 14.5. The predicted molar refractivity (Wildman–Crippen MR) is 88.1 cm³/mol. The highest BCUT2D eigenvalue weighted by Crippen LogP contribution is 2.12. The first-order valence-electron chi connectivity index (χ1n) is 7.38. The maximum Gasteiger partial charge on any atom is 0.338 e. The van der Waals surface area contributed by atoms with Crippen LogP contribution in [0.4, 0.5) is 0 Å². The molecule has 0 aliphatic rings. The number of hydrogen-bond donors (Lipinski definition) is 2. The summed E-state index contributed by atoms with van der Waals surface area (Å²) in [5.41, 5.74) is 0.140. The fourth-order valence-electron chi connectivity index (χ4n) is 1.90. The molecule has 0 saturated carbocycles. The molecule has 0 spiro atoms. The minimum Gasteiger partial charge on any atom is -0.467 e. The lowest BCUT2D eigenvalue weighted by Crippen LogP contribution is -2.35. The van der Waals surface area contributed by atoms with E-state index in [1.807, 2.05) is 0 Å². The van der Waals surface area contributed by atoms with Crippen LogP contribution in [0, 0.1) is 0 Å². The van der Waals surface area contributed by atoms with Gasteiger partial charge in [-0.05, 0) is 50.4 Å². The number of hydrogen-bond acceptors (Lipinski definition) is 6. The Labute approximate surface area is 145 Å². The van der Waals surface area contributed by atoms with E-state index >= 15 is 0 Å². The number of sulfonamides is 1. The van der Waals surface area contributed by atoms with Crippen molar-refractivity contribution in [1.29, 1.82) is 0 Å². The highest BCUT2D eigenvalue weighted by atomic mass is 32.2. The smallest absolute Gasteiger partial charge is 0.338 e. The number of benzene rings is 1. The van der Waals surface area contributed by atoms with Crippen molar-refractivity contribution in [3.63, 3.8) is 0 Å². The number of rotatable bonds is 7. The van der Waals surface area contributed by atoms with Crippen molar-refractivity contribution in [3.05, 3.63) is 54.0 Å². The zero-order valence-electron chi connectivity index (χ0n) is 13.7. The van der Waals surface area contributed by atoms with Crippen LogP contribution >= 0.6 is 0 Å².